The summed E-state index contributed by atoms with van der Waals surface area (Å²) in [4.78, 5) is 13.5. The van der Waals surface area contributed by atoms with Crippen LogP contribution in [0.5, 0.6) is 0 Å². The highest BCUT2D eigenvalue weighted by Crippen LogP contribution is 2.47. The van der Waals surface area contributed by atoms with Gasteiger partial charge in [0.25, 0.3) is 0 Å². The van der Waals surface area contributed by atoms with Crippen molar-refractivity contribution in [2.75, 3.05) is 29.7 Å². The van der Waals surface area contributed by atoms with Gasteiger partial charge < -0.3 is 15.2 Å². The summed E-state index contributed by atoms with van der Waals surface area (Å²) in [6.07, 6.45) is 2.34. The molecule has 1 aromatic carbocycles. The van der Waals surface area contributed by atoms with Gasteiger partial charge in [-0.05, 0) is 76.5 Å². The van der Waals surface area contributed by atoms with Gasteiger partial charge in [0.15, 0.2) is 0 Å². The molecule has 1 saturated heterocycles. The van der Waals surface area contributed by atoms with Crippen molar-refractivity contribution in [2.45, 2.75) is 70.4 Å². The first-order chi connectivity index (χ1) is 14.0. The molecule has 0 spiro atoms. The number of hydrogen-bond donors (Lipinski definition) is 2. The third-order valence-electron chi connectivity index (χ3n) is 6.30. The molecule has 1 aromatic rings. The van der Waals surface area contributed by atoms with Crippen LogP contribution in [0.25, 0.3) is 0 Å². The summed E-state index contributed by atoms with van der Waals surface area (Å²) in [6, 6.07) is 8.39. The molecule has 2 N–H and O–H groups in total. The van der Waals surface area contributed by atoms with E-state index in [9.17, 15) is 15.1 Å². The van der Waals surface area contributed by atoms with Crippen LogP contribution in [0, 0.1) is 5.92 Å². The van der Waals surface area contributed by atoms with Crippen LogP contribution < -0.4 is 4.90 Å². The number of carboxylic acids is 1. The van der Waals surface area contributed by atoms with Crippen LogP contribution in [-0.2, 0) is 4.79 Å². The molecule has 7 heteroatoms. The van der Waals surface area contributed by atoms with Gasteiger partial charge in [0.2, 0.25) is 0 Å². The highest BCUT2D eigenvalue weighted by Gasteiger charge is 2.47. The van der Waals surface area contributed by atoms with Gasteiger partial charge in [-0.3, -0.25) is 4.79 Å². The Bertz CT molecular complexity index is 670. The topological polar surface area (TPSA) is 64.0 Å². The molecule has 1 aliphatic heterocycles. The number of nitrogens with zero attached hydrogens (tertiary/aromatic N) is 2. The minimum Gasteiger partial charge on any atom is -0.481 e. The van der Waals surface area contributed by atoms with Crippen molar-refractivity contribution >= 4 is 34.9 Å². The molecular formula is C23H36Cl2N2O3. The fraction of sp³-hybridized carbons (Fsp3) is 0.696. The van der Waals surface area contributed by atoms with Gasteiger partial charge in [-0.25, -0.2) is 0 Å². The van der Waals surface area contributed by atoms with Crippen molar-refractivity contribution in [1.82, 2.24) is 5.06 Å². The minimum absolute atomic E-state index is 0.122. The van der Waals surface area contributed by atoms with Gasteiger partial charge in [0, 0.05) is 48.0 Å². The molecule has 0 aliphatic carbocycles. The number of hydrogen-bond acceptors (Lipinski definition) is 4. The number of alkyl halides is 2. The van der Waals surface area contributed by atoms with Crippen LogP contribution in [0.1, 0.15) is 64.9 Å². The fourth-order valence-corrected chi connectivity index (χ4v) is 5.50. The number of rotatable bonds is 10. The van der Waals surface area contributed by atoms with Crippen molar-refractivity contribution in [2.24, 2.45) is 5.92 Å². The molecule has 0 amide bonds. The summed E-state index contributed by atoms with van der Waals surface area (Å²) in [5.74, 6) is 0.695. The molecule has 2 rings (SSSR count). The molecule has 0 radical (unpaired) electrons. The predicted octanol–water partition coefficient (Wildman–Crippen LogP) is 5.58. The van der Waals surface area contributed by atoms with Crippen LogP contribution in [0.3, 0.4) is 0 Å². The molecule has 1 heterocycles. The summed E-state index contributed by atoms with van der Waals surface area (Å²) in [6.45, 7) is 9.66. The van der Waals surface area contributed by atoms with Gasteiger partial charge in [-0.15, -0.1) is 23.2 Å². The van der Waals surface area contributed by atoms with E-state index in [1.807, 2.05) is 0 Å². The van der Waals surface area contributed by atoms with E-state index in [0.29, 0.717) is 18.2 Å². The zero-order valence-corrected chi connectivity index (χ0v) is 20.1. The van der Waals surface area contributed by atoms with E-state index in [1.165, 1.54) is 5.06 Å². The lowest BCUT2D eigenvalue weighted by Gasteiger charge is -2.53. The Labute approximate surface area is 190 Å². The highest BCUT2D eigenvalue weighted by molar-refractivity contribution is 6.18. The second-order valence-corrected chi connectivity index (χ2v) is 10.4. The molecule has 5 nitrogen and oxygen atoms in total. The van der Waals surface area contributed by atoms with Crippen molar-refractivity contribution in [3.8, 4) is 0 Å². The van der Waals surface area contributed by atoms with Crippen LogP contribution in [-0.4, -0.2) is 57.3 Å². The van der Waals surface area contributed by atoms with E-state index >= 15 is 0 Å². The highest BCUT2D eigenvalue weighted by atomic mass is 35.5. The van der Waals surface area contributed by atoms with Crippen LogP contribution in [0.4, 0.5) is 5.69 Å². The first-order valence-electron chi connectivity index (χ1n) is 10.7. The Balaban J connectivity index is 2.31. The second-order valence-electron chi connectivity index (χ2n) is 9.60. The van der Waals surface area contributed by atoms with Crippen molar-refractivity contribution < 1.29 is 15.1 Å². The molecule has 1 unspecified atom stereocenters. The number of piperidine rings is 1. The lowest BCUT2D eigenvalue weighted by Crippen LogP contribution is -2.59. The van der Waals surface area contributed by atoms with E-state index < -0.39 is 5.97 Å². The summed E-state index contributed by atoms with van der Waals surface area (Å²) in [7, 11) is 0. The van der Waals surface area contributed by atoms with Crippen LogP contribution in [0.2, 0.25) is 0 Å². The first-order valence-corrected chi connectivity index (χ1v) is 11.8. The fourth-order valence-electron chi connectivity index (χ4n) is 5.09. The average molecular weight is 459 g/mol. The van der Waals surface area contributed by atoms with E-state index in [-0.39, 0.29) is 29.3 Å². The van der Waals surface area contributed by atoms with Crippen molar-refractivity contribution in [3.05, 3.63) is 29.8 Å². The third-order valence-corrected chi connectivity index (χ3v) is 6.64. The Kier molecular flexibility index (Phi) is 8.87. The van der Waals surface area contributed by atoms with E-state index in [1.54, 1.807) is 0 Å². The SMILES string of the molecule is CC1(C)CC(C(CCC(=O)O)c2ccc(N(CCCl)CCCl)cc2)CC(C)(C)N1O. The van der Waals surface area contributed by atoms with Gasteiger partial charge >= 0.3 is 5.97 Å². The lowest BCUT2D eigenvalue weighted by atomic mass is 9.67. The van der Waals surface area contributed by atoms with Gasteiger partial charge in [-0.2, -0.15) is 5.06 Å². The Morgan fingerprint density at radius 1 is 1.10 bits per heavy atom. The van der Waals surface area contributed by atoms with Crippen molar-refractivity contribution in [3.63, 3.8) is 0 Å². The maximum absolute atomic E-state index is 11.3. The second kappa shape index (κ2) is 10.5. The Hall–Kier alpha value is -1.01. The number of carbonyl (C=O) groups is 1. The molecule has 30 heavy (non-hydrogen) atoms. The minimum atomic E-state index is -0.773. The van der Waals surface area contributed by atoms with Crippen molar-refractivity contribution in [1.29, 1.82) is 0 Å². The molecule has 1 fully saturated rings. The normalized spacial score (nSPS) is 20.1. The third kappa shape index (κ3) is 6.25. The predicted molar refractivity (Wildman–Crippen MR) is 124 cm³/mol. The monoisotopic (exact) mass is 458 g/mol. The lowest BCUT2D eigenvalue weighted by molar-refractivity contribution is -0.252. The number of carboxylic acid groups (broad SMARTS) is 1. The number of halogens is 2. The molecule has 1 atom stereocenters. The zero-order chi connectivity index (χ0) is 22.5. The van der Waals surface area contributed by atoms with Gasteiger partial charge in [-0.1, -0.05) is 12.1 Å². The van der Waals surface area contributed by atoms with Crippen LogP contribution >= 0.6 is 23.2 Å². The zero-order valence-electron chi connectivity index (χ0n) is 18.6. The number of anilines is 1. The van der Waals surface area contributed by atoms with E-state index in [2.05, 4.69) is 56.9 Å². The number of aliphatic carboxylic acids is 1. The molecule has 1 aliphatic rings. The summed E-state index contributed by atoms with van der Waals surface area (Å²) < 4.78 is 0. The van der Waals surface area contributed by atoms with Gasteiger partial charge in [0.1, 0.15) is 0 Å². The van der Waals surface area contributed by atoms with Gasteiger partial charge in [0.05, 0.1) is 0 Å². The summed E-state index contributed by atoms with van der Waals surface area (Å²) in [5.41, 5.74) is 1.49. The largest absolute Gasteiger partial charge is 0.481 e. The van der Waals surface area contributed by atoms with Crippen LogP contribution in [0.15, 0.2) is 24.3 Å². The Morgan fingerprint density at radius 2 is 1.60 bits per heavy atom. The smallest absolute Gasteiger partial charge is 0.303 e. The molecule has 0 bridgehead atoms. The molecule has 170 valence electrons. The standard InChI is InChI=1S/C23H36Cl2N2O3/c1-22(2)15-18(16-23(3,4)27(22)30)20(9-10-21(28)29)17-5-7-19(8-6-17)26(13-11-24)14-12-25/h5-8,18,20,30H,9-16H2,1-4H3,(H,28,29). The summed E-state index contributed by atoms with van der Waals surface area (Å²) >= 11 is 11.9. The molecular weight excluding hydrogens is 423 g/mol. The quantitative estimate of drug-likeness (QED) is 0.448. The Morgan fingerprint density at radius 3 is 2.03 bits per heavy atom. The maximum Gasteiger partial charge on any atom is 0.303 e. The molecule has 0 aromatic heterocycles. The average Bonchev–Trinajstić information content (AvgIpc) is 2.66. The first kappa shape index (κ1) is 25.3. The van der Waals surface area contributed by atoms with E-state index in [4.69, 9.17) is 23.2 Å². The summed E-state index contributed by atoms with van der Waals surface area (Å²) in [5, 5.41) is 21.5. The number of benzene rings is 1. The number of hydroxylamine groups is 2. The van der Waals surface area contributed by atoms with E-state index in [0.717, 1.165) is 37.2 Å². The molecule has 0 saturated carbocycles. The maximum atomic E-state index is 11.3.